The molecular formula is C21H26N2O3S. The van der Waals surface area contributed by atoms with Crippen LogP contribution in [0, 0.1) is 12.8 Å². The van der Waals surface area contributed by atoms with Crippen molar-refractivity contribution in [1.82, 2.24) is 0 Å². The molecule has 0 aliphatic heterocycles. The first-order valence-corrected chi connectivity index (χ1v) is 10.6. The molecule has 0 radical (unpaired) electrons. The number of amides is 1. The standard InChI is InChI=1S/C21H26N2O3S/c1-14-5-8-16(21(2,3)4)13-19(14)27(25,26)23-18-11-9-17(10-12-18)22-20(24)15-6-7-15/h5,8-13,15,23H,6-7H2,1-4H3,(H,22,24). The van der Waals surface area contributed by atoms with Crippen LogP contribution in [0.3, 0.4) is 0 Å². The van der Waals surface area contributed by atoms with E-state index in [0.29, 0.717) is 16.9 Å². The lowest BCUT2D eigenvalue weighted by Crippen LogP contribution is -2.17. The van der Waals surface area contributed by atoms with E-state index >= 15 is 0 Å². The van der Waals surface area contributed by atoms with E-state index in [4.69, 9.17) is 0 Å². The summed E-state index contributed by atoms with van der Waals surface area (Å²) in [5, 5.41) is 2.84. The summed E-state index contributed by atoms with van der Waals surface area (Å²) in [7, 11) is -3.70. The van der Waals surface area contributed by atoms with E-state index in [1.807, 2.05) is 12.1 Å². The van der Waals surface area contributed by atoms with Gasteiger partial charge in [-0.3, -0.25) is 9.52 Å². The molecule has 1 aliphatic rings. The fraction of sp³-hybridized carbons (Fsp3) is 0.381. The van der Waals surface area contributed by atoms with Crippen molar-refractivity contribution in [2.24, 2.45) is 5.92 Å². The lowest BCUT2D eigenvalue weighted by atomic mass is 9.87. The van der Waals surface area contributed by atoms with Crippen molar-refractivity contribution in [2.45, 2.75) is 50.8 Å². The fourth-order valence-corrected chi connectivity index (χ4v) is 4.11. The van der Waals surface area contributed by atoms with Gasteiger partial charge in [0.25, 0.3) is 10.0 Å². The third-order valence-electron chi connectivity index (χ3n) is 4.70. The molecule has 0 spiro atoms. The molecule has 0 aromatic heterocycles. The maximum atomic E-state index is 12.9. The van der Waals surface area contributed by atoms with Crippen molar-refractivity contribution in [3.63, 3.8) is 0 Å². The van der Waals surface area contributed by atoms with Crippen molar-refractivity contribution in [2.75, 3.05) is 10.0 Å². The molecule has 0 bridgehead atoms. The second-order valence-electron chi connectivity index (χ2n) is 8.18. The van der Waals surface area contributed by atoms with Gasteiger partial charge in [-0.15, -0.1) is 0 Å². The first-order chi connectivity index (χ1) is 12.6. The molecule has 1 saturated carbocycles. The maximum absolute atomic E-state index is 12.9. The highest BCUT2D eigenvalue weighted by molar-refractivity contribution is 7.92. The Morgan fingerprint density at radius 2 is 1.59 bits per heavy atom. The van der Waals surface area contributed by atoms with E-state index in [0.717, 1.165) is 18.4 Å². The van der Waals surface area contributed by atoms with Crippen LogP contribution in [0.1, 0.15) is 44.7 Å². The van der Waals surface area contributed by atoms with Crippen molar-refractivity contribution in [3.05, 3.63) is 53.6 Å². The minimum absolute atomic E-state index is 0.0259. The number of rotatable bonds is 5. The second-order valence-corrected chi connectivity index (χ2v) is 9.83. The molecule has 2 aromatic rings. The molecule has 1 aliphatic carbocycles. The zero-order valence-electron chi connectivity index (χ0n) is 16.2. The van der Waals surface area contributed by atoms with E-state index < -0.39 is 10.0 Å². The maximum Gasteiger partial charge on any atom is 0.262 e. The van der Waals surface area contributed by atoms with Gasteiger partial charge in [0.1, 0.15) is 0 Å². The summed E-state index contributed by atoms with van der Waals surface area (Å²) >= 11 is 0. The number of carbonyl (C=O) groups excluding carboxylic acids is 1. The largest absolute Gasteiger partial charge is 0.326 e. The summed E-state index contributed by atoms with van der Waals surface area (Å²) in [4.78, 5) is 12.1. The van der Waals surface area contributed by atoms with Crippen LogP contribution in [0.5, 0.6) is 0 Å². The first kappa shape index (κ1) is 19.4. The van der Waals surface area contributed by atoms with Gasteiger partial charge >= 0.3 is 0 Å². The minimum atomic E-state index is -3.70. The zero-order chi connectivity index (χ0) is 19.8. The zero-order valence-corrected chi connectivity index (χ0v) is 17.0. The molecule has 2 N–H and O–H groups in total. The fourth-order valence-electron chi connectivity index (χ4n) is 2.78. The molecule has 0 heterocycles. The second kappa shape index (κ2) is 7.00. The average molecular weight is 387 g/mol. The van der Waals surface area contributed by atoms with Gasteiger partial charge in [-0.1, -0.05) is 32.9 Å². The molecule has 0 atom stereocenters. The van der Waals surface area contributed by atoms with Crippen LogP contribution in [0.25, 0.3) is 0 Å². The molecular weight excluding hydrogens is 360 g/mol. The number of benzene rings is 2. The van der Waals surface area contributed by atoms with Crippen molar-refractivity contribution in [3.8, 4) is 0 Å². The van der Waals surface area contributed by atoms with Gasteiger partial charge < -0.3 is 5.32 Å². The number of sulfonamides is 1. The van der Waals surface area contributed by atoms with Crippen molar-refractivity contribution in [1.29, 1.82) is 0 Å². The normalized spacial score (nSPS) is 14.7. The molecule has 27 heavy (non-hydrogen) atoms. The summed E-state index contributed by atoms with van der Waals surface area (Å²) in [6.07, 6.45) is 1.88. The Morgan fingerprint density at radius 1 is 1.00 bits per heavy atom. The third kappa shape index (κ3) is 4.69. The van der Waals surface area contributed by atoms with E-state index in [-0.39, 0.29) is 22.1 Å². The Morgan fingerprint density at radius 3 is 2.15 bits per heavy atom. The van der Waals surface area contributed by atoms with Crippen LogP contribution in [0.2, 0.25) is 0 Å². The number of aryl methyl sites for hydroxylation is 1. The van der Waals surface area contributed by atoms with Gasteiger partial charge in [0, 0.05) is 17.3 Å². The molecule has 0 saturated heterocycles. The molecule has 0 unspecified atom stereocenters. The number of nitrogens with one attached hydrogen (secondary N) is 2. The van der Waals surface area contributed by atoms with Crippen LogP contribution >= 0.6 is 0 Å². The highest BCUT2D eigenvalue weighted by Crippen LogP contribution is 2.31. The van der Waals surface area contributed by atoms with Crippen LogP contribution < -0.4 is 10.0 Å². The third-order valence-corrected chi connectivity index (χ3v) is 6.22. The van der Waals surface area contributed by atoms with Crippen molar-refractivity contribution >= 4 is 27.3 Å². The van der Waals surface area contributed by atoms with Crippen LogP contribution in [0.4, 0.5) is 11.4 Å². The number of hydrogen-bond donors (Lipinski definition) is 2. The summed E-state index contributed by atoms with van der Waals surface area (Å²) in [5.74, 6) is 0.152. The molecule has 144 valence electrons. The monoisotopic (exact) mass is 386 g/mol. The molecule has 1 fully saturated rings. The number of carbonyl (C=O) groups is 1. The van der Waals surface area contributed by atoms with Gasteiger partial charge in [0.15, 0.2) is 0 Å². The predicted octanol–water partition coefficient (Wildman–Crippen LogP) is 4.44. The Balaban J connectivity index is 1.79. The predicted molar refractivity (Wildman–Crippen MR) is 108 cm³/mol. The Hall–Kier alpha value is -2.34. The highest BCUT2D eigenvalue weighted by Gasteiger charge is 2.29. The lowest BCUT2D eigenvalue weighted by molar-refractivity contribution is -0.117. The summed E-state index contributed by atoms with van der Waals surface area (Å²) in [5.41, 5.74) is 2.65. The lowest BCUT2D eigenvalue weighted by Gasteiger charge is -2.21. The topological polar surface area (TPSA) is 75.3 Å². The molecule has 1 amide bonds. The first-order valence-electron chi connectivity index (χ1n) is 9.11. The van der Waals surface area contributed by atoms with Crippen LogP contribution in [-0.4, -0.2) is 14.3 Å². The van der Waals surface area contributed by atoms with Gasteiger partial charge in [-0.05, 0) is 66.6 Å². The van der Waals surface area contributed by atoms with Crippen LogP contribution in [-0.2, 0) is 20.2 Å². The SMILES string of the molecule is Cc1ccc(C(C)(C)C)cc1S(=O)(=O)Nc1ccc(NC(=O)C2CC2)cc1. The Kier molecular flexibility index (Phi) is 5.04. The van der Waals surface area contributed by atoms with Gasteiger partial charge in [-0.25, -0.2) is 8.42 Å². The minimum Gasteiger partial charge on any atom is -0.326 e. The molecule has 6 heteroatoms. The molecule has 5 nitrogen and oxygen atoms in total. The van der Waals surface area contributed by atoms with E-state index in [1.54, 1.807) is 37.3 Å². The van der Waals surface area contributed by atoms with Gasteiger partial charge in [-0.2, -0.15) is 0 Å². The summed E-state index contributed by atoms with van der Waals surface area (Å²) < 4.78 is 28.4. The number of hydrogen-bond acceptors (Lipinski definition) is 3. The van der Waals surface area contributed by atoms with E-state index in [9.17, 15) is 13.2 Å². The number of anilines is 2. The van der Waals surface area contributed by atoms with E-state index in [1.165, 1.54) is 0 Å². The van der Waals surface area contributed by atoms with E-state index in [2.05, 4.69) is 30.8 Å². The highest BCUT2D eigenvalue weighted by atomic mass is 32.2. The summed E-state index contributed by atoms with van der Waals surface area (Å²) in [6, 6.07) is 12.3. The summed E-state index contributed by atoms with van der Waals surface area (Å²) in [6.45, 7) is 7.94. The smallest absolute Gasteiger partial charge is 0.262 e. The molecule has 2 aromatic carbocycles. The van der Waals surface area contributed by atoms with Crippen molar-refractivity contribution < 1.29 is 13.2 Å². The van der Waals surface area contributed by atoms with Gasteiger partial charge in [0.2, 0.25) is 5.91 Å². The van der Waals surface area contributed by atoms with Gasteiger partial charge in [0.05, 0.1) is 4.90 Å². The Labute approximate surface area is 161 Å². The molecule has 3 rings (SSSR count). The van der Waals surface area contributed by atoms with Crippen LogP contribution in [0.15, 0.2) is 47.4 Å². The Bertz CT molecular complexity index is 954. The average Bonchev–Trinajstić information content (AvgIpc) is 3.40. The quantitative estimate of drug-likeness (QED) is 0.797.